The molecule has 1 aromatic rings. The molecular formula is C18H29NO2. The predicted octanol–water partition coefficient (Wildman–Crippen LogP) is 3.42. The molecule has 0 aromatic heterocycles. The van der Waals surface area contributed by atoms with Crippen LogP contribution >= 0.6 is 0 Å². The zero-order valence-corrected chi connectivity index (χ0v) is 13.4. The van der Waals surface area contributed by atoms with Gasteiger partial charge in [-0.25, -0.2) is 0 Å². The van der Waals surface area contributed by atoms with Gasteiger partial charge in [0.05, 0.1) is 6.61 Å². The standard InChI is InChI=1S/C18H29NO2/c1-3-12-19-17(15-8-9-15)11-10-16-6-4-5-7-18(16)21-14-13-20-2/h4-7,15,17,19H,3,8-14H2,1-2H3. The summed E-state index contributed by atoms with van der Waals surface area (Å²) < 4.78 is 10.9. The topological polar surface area (TPSA) is 30.5 Å². The van der Waals surface area contributed by atoms with E-state index >= 15 is 0 Å². The van der Waals surface area contributed by atoms with E-state index in [9.17, 15) is 0 Å². The smallest absolute Gasteiger partial charge is 0.122 e. The van der Waals surface area contributed by atoms with Gasteiger partial charge in [0, 0.05) is 13.2 Å². The zero-order chi connectivity index (χ0) is 14.9. The average Bonchev–Trinajstić information content (AvgIpc) is 3.34. The minimum absolute atomic E-state index is 0.619. The molecule has 0 bridgehead atoms. The molecule has 1 aromatic carbocycles. The molecule has 3 heteroatoms. The largest absolute Gasteiger partial charge is 0.491 e. The Morgan fingerprint density at radius 3 is 2.76 bits per heavy atom. The van der Waals surface area contributed by atoms with Gasteiger partial charge in [-0.05, 0) is 56.2 Å². The van der Waals surface area contributed by atoms with E-state index in [1.165, 1.54) is 31.2 Å². The fourth-order valence-corrected chi connectivity index (χ4v) is 2.73. The Morgan fingerprint density at radius 1 is 1.24 bits per heavy atom. The van der Waals surface area contributed by atoms with Crippen LogP contribution in [0.1, 0.15) is 38.2 Å². The van der Waals surface area contributed by atoms with Crippen molar-refractivity contribution >= 4 is 0 Å². The summed E-state index contributed by atoms with van der Waals surface area (Å²) in [6.45, 7) is 4.62. The molecule has 0 radical (unpaired) electrons. The highest BCUT2D eigenvalue weighted by molar-refractivity contribution is 5.33. The van der Waals surface area contributed by atoms with Crippen molar-refractivity contribution in [2.45, 2.75) is 45.1 Å². The molecule has 1 fully saturated rings. The maximum atomic E-state index is 5.82. The molecule has 0 heterocycles. The number of rotatable bonds is 11. The maximum Gasteiger partial charge on any atom is 0.122 e. The molecule has 2 rings (SSSR count). The van der Waals surface area contributed by atoms with Crippen molar-refractivity contribution in [1.29, 1.82) is 0 Å². The van der Waals surface area contributed by atoms with E-state index in [2.05, 4.69) is 30.4 Å². The van der Waals surface area contributed by atoms with Crippen LogP contribution in [0.25, 0.3) is 0 Å². The van der Waals surface area contributed by atoms with Gasteiger partial charge in [0.1, 0.15) is 12.4 Å². The van der Waals surface area contributed by atoms with Crippen LogP contribution in [0.3, 0.4) is 0 Å². The number of para-hydroxylation sites is 1. The third-order valence-corrected chi connectivity index (χ3v) is 4.09. The second kappa shape index (κ2) is 9.06. The Bertz CT molecular complexity index is 404. The number of nitrogens with one attached hydrogen (secondary N) is 1. The first-order valence-corrected chi connectivity index (χ1v) is 8.28. The van der Waals surface area contributed by atoms with Crippen LogP contribution in [0.4, 0.5) is 0 Å². The lowest BCUT2D eigenvalue weighted by atomic mass is 10.0. The Hall–Kier alpha value is -1.06. The lowest BCUT2D eigenvalue weighted by Crippen LogP contribution is -2.32. The molecule has 0 spiro atoms. The zero-order valence-electron chi connectivity index (χ0n) is 13.4. The van der Waals surface area contributed by atoms with Crippen molar-refractivity contribution in [3.8, 4) is 5.75 Å². The monoisotopic (exact) mass is 291 g/mol. The van der Waals surface area contributed by atoms with E-state index < -0.39 is 0 Å². The SMILES string of the molecule is CCCNC(CCc1ccccc1OCCOC)C1CC1. The highest BCUT2D eigenvalue weighted by Gasteiger charge is 2.30. The first-order chi connectivity index (χ1) is 10.3. The van der Waals surface area contributed by atoms with Gasteiger partial charge in [-0.3, -0.25) is 0 Å². The summed E-state index contributed by atoms with van der Waals surface area (Å²) in [6.07, 6.45) is 6.29. The van der Waals surface area contributed by atoms with Crippen LogP contribution in [-0.4, -0.2) is 32.9 Å². The molecule has 21 heavy (non-hydrogen) atoms. The molecule has 0 amide bonds. The first kappa shape index (κ1) is 16.3. The molecule has 0 saturated heterocycles. The van der Waals surface area contributed by atoms with Crippen molar-refractivity contribution in [2.24, 2.45) is 5.92 Å². The van der Waals surface area contributed by atoms with Crippen LogP contribution in [0.5, 0.6) is 5.75 Å². The van der Waals surface area contributed by atoms with Crippen LogP contribution in [0.15, 0.2) is 24.3 Å². The molecule has 1 aliphatic carbocycles. The van der Waals surface area contributed by atoms with E-state index in [4.69, 9.17) is 9.47 Å². The van der Waals surface area contributed by atoms with E-state index in [1.807, 2.05) is 6.07 Å². The molecule has 1 aliphatic rings. The fourth-order valence-electron chi connectivity index (χ4n) is 2.73. The molecule has 1 N–H and O–H groups in total. The van der Waals surface area contributed by atoms with Crippen molar-refractivity contribution in [3.63, 3.8) is 0 Å². The van der Waals surface area contributed by atoms with Crippen LogP contribution in [-0.2, 0) is 11.2 Å². The molecule has 1 saturated carbocycles. The Labute approximate surface area is 129 Å². The first-order valence-electron chi connectivity index (χ1n) is 8.28. The Balaban J connectivity index is 1.85. The van der Waals surface area contributed by atoms with Gasteiger partial charge in [-0.2, -0.15) is 0 Å². The van der Waals surface area contributed by atoms with Crippen LogP contribution in [0.2, 0.25) is 0 Å². The fraction of sp³-hybridized carbons (Fsp3) is 0.667. The minimum Gasteiger partial charge on any atom is -0.491 e. The molecule has 1 unspecified atom stereocenters. The third kappa shape index (κ3) is 5.68. The highest BCUT2D eigenvalue weighted by Crippen LogP contribution is 2.35. The van der Waals surface area contributed by atoms with E-state index in [1.54, 1.807) is 7.11 Å². The van der Waals surface area contributed by atoms with E-state index in [0.717, 1.165) is 24.6 Å². The average molecular weight is 291 g/mol. The number of hydrogen-bond donors (Lipinski definition) is 1. The summed E-state index contributed by atoms with van der Waals surface area (Å²) in [5.41, 5.74) is 1.32. The second-order valence-electron chi connectivity index (χ2n) is 5.89. The summed E-state index contributed by atoms with van der Waals surface area (Å²) in [4.78, 5) is 0. The van der Waals surface area contributed by atoms with Gasteiger partial charge in [0.25, 0.3) is 0 Å². The summed E-state index contributed by atoms with van der Waals surface area (Å²) in [6, 6.07) is 9.07. The molecule has 1 atom stereocenters. The van der Waals surface area contributed by atoms with Gasteiger partial charge in [-0.1, -0.05) is 25.1 Å². The van der Waals surface area contributed by atoms with Gasteiger partial charge in [0.15, 0.2) is 0 Å². The number of aryl methyl sites for hydroxylation is 1. The number of methoxy groups -OCH3 is 1. The van der Waals surface area contributed by atoms with Crippen molar-refractivity contribution in [2.75, 3.05) is 26.9 Å². The molecular weight excluding hydrogens is 262 g/mol. The van der Waals surface area contributed by atoms with Crippen LogP contribution < -0.4 is 10.1 Å². The highest BCUT2D eigenvalue weighted by atomic mass is 16.5. The summed E-state index contributed by atoms with van der Waals surface area (Å²) in [7, 11) is 1.70. The lowest BCUT2D eigenvalue weighted by molar-refractivity contribution is 0.145. The third-order valence-electron chi connectivity index (χ3n) is 4.09. The van der Waals surface area contributed by atoms with Gasteiger partial charge in [-0.15, -0.1) is 0 Å². The van der Waals surface area contributed by atoms with Crippen molar-refractivity contribution in [1.82, 2.24) is 5.32 Å². The quantitative estimate of drug-likeness (QED) is 0.634. The Morgan fingerprint density at radius 2 is 2.05 bits per heavy atom. The van der Waals surface area contributed by atoms with Gasteiger partial charge < -0.3 is 14.8 Å². The molecule has 0 aliphatic heterocycles. The van der Waals surface area contributed by atoms with Crippen molar-refractivity contribution < 1.29 is 9.47 Å². The van der Waals surface area contributed by atoms with E-state index in [-0.39, 0.29) is 0 Å². The predicted molar refractivity (Wildman–Crippen MR) is 86.9 cm³/mol. The van der Waals surface area contributed by atoms with Crippen LogP contribution in [0, 0.1) is 5.92 Å². The summed E-state index contributed by atoms with van der Waals surface area (Å²) >= 11 is 0. The van der Waals surface area contributed by atoms with Gasteiger partial charge >= 0.3 is 0 Å². The Kier molecular flexibility index (Phi) is 7.04. The number of hydrogen-bond acceptors (Lipinski definition) is 3. The van der Waals surface area contributed by atoms with E-state index in [0.29, 0.717) is 19.3 Å². The van der Waals surface area contributed by atoms with Gasteiger partial charge in [0.2, 0.25) is 0 Å². The molecule has 118 valence electrons. The summed E-state index contributed by atoms with van der Waals surface area (Å²) in [5, 5.41) is 3.71. The van der Waals surface area contributed by atoms with Crippen molar-refractivity contribution in [3.05, 3.63) is 29.8 Å². The lowest BCUT2D eigenvalue weighted by Gasteiger charge is -2.19. The maximum absolute atomic E-state index is 5.82. The molecule has 3 nitrogen and oxygen atoms in total. The number of benzene rings is 1. The summed E-state index contributed by atoms with van der Waals surface area (Å²) in [5.74, 6) is 1.91. The normalized spacial score (nSPS) is 15.9. The minimum atomic E-state index is 0.619. The number of ether oxygens (including phenoxy) is 2. The second-order valence-corrected chi connectivity index (χ2v) is 5.89.